The summed E-state index contributed by atoms with van der Waals surface area (Å²) >= 11 is 1.63. The number of benzene rings is 1. The van der Waals surface area contributed by atoms with E-state index in [2.05, 4.69) is 27.2 Å². The predicted molar refractivity (Wildman–Crippen MR) is 119 cm³/mol. The Bertz CT molecular complexity index is 1030. The SMILES string of the molecule is CCc1cnc(-c2cc(OC[C@@H]3CCOC3)cc(C(=O)NCc3cnc(C)cn3)c2)s1. The normalized spacial score (nSPS) is 15.7. The predicted octanol–water partition coefficient (Wildman–Crippen LogP) is 3.82. The molecule has 1 aromatic carbocycles. The molecule has 0 unspecified atom stereocenters. The fraction of sp³-hybridized carbons (Fsp3) is 0.391. The zero-order valence-corrected chi connectivity index (χ0v) is 18.6. The maximum atomic E-state index is 12.9. The molecular formula is C23H26N4O3S. The molecule has 1 aliphatic heterocycles. The summed E-state index contributed by atoms with van der Waals surface area (Å²) in [5.41, 5.74) is 2.96. The van der Waals surface area contributed by atoms with Gasteiger partial charge < -0.3 is 14.8 Å². The number of thiazole rings is 1. The molecule has 0 aliphatic carbocycles. The first-order valence-electron chi connectivity index (χ1n) is 10.5. The van der Waals surface area contributed by atoms with Crippen LogP contribution in [0.5, 0.6) is 5.75 Å². The number of amides is 1. The Hall–Kier alpha value is -2.84. The topological polar surface area (TPSA) is 86.2 Å². The van der Waals surface area contributed by atoms with Gasteiger partial charge in [-0.15, -0.1) is 11.3 Å². The van der Waals surface area contributed by atoms with Crippen molar-refractivity contribution in [1.82, 2.24) is 20.3 Å². The minimum Gasteiger partial charge on any atom is -0.493 e. The fourth-order valence-corrected chi connectivity index (χ4v) is 4.09. The smallest absolute Gasteiger partial charge is 0.251 e. The van der Waals surface area contributed by atoms with Crippen molar-refractivity contribution >= 4 is 17.2 Å². The van der Waals surface area contributed by atoms with Crippen LogP contribution in [0.4, 0.5) is 0 Å². The first-order valence-corrected chi connectivity index (χ1v) is 11.3. The van der Waals surface area contributed by atoms with Crippen LogP contribution in [0, 0.1) is 12.8 Å². The third kappa shape index (κ3) is 5.65. The van der Waals surface area contributed by atoms with E-state index in [0.29, 0.717) is 36.1 Å². The molecule has 2 aromatic heterocycles. The van der Waals surface area contributed by atoms with Gasteiger partial charge in [-0.25, -0.2) is 4.98 Å². The van der Waals surface area contributed by atoms with Gasteiger partial charge in [-0.3, -0.25) is 14.8 Å². The molecule has 1 saturated heterocycles. The van der Waals surface area contributed by atoms with Crippen molar-refractivity contribution in [1.29, 1.82) is 0 Å². The summed E-state index contributed by atoms with van der Waals surface area (Å²) in [6.07, 6.45) is 7.18. The van der Waals surface area contributed by atoms with E-state index in [1.54, 1.807) is 29.8 Å². The maximum absolute atomic E-state index is 12.9. The number of hydrogen-bond acceptors (Lipinski definition) is 7. The van der Waals surface area contributed by atoms with Gasteiger partial charge in [0.05, 0.1) is 37.3 Å². The Labute approximate surface area is 185 Å². The molecule has 31 heavy (non-hydrogen) atoms. The van der Waals surface area contributed by atoms with Crippen molar-refractivity contribution in [2.24, 2.45) is 5.92 Å². The number of aryl methyl sites for hydroxylation is 2. The van der Waals surface area contributed by atoms with Crippen LogP contribution < -0.4 is 10.1 Å². The van der Waals surface area contributed by atoms with Crippen LogP contribution >= 0.6 is 11.3 Å². The Morgan fingerprint density at radius 1 is 1.23 bits per heavy atom. The monoisotopic (exact) mass is 438 g/mol. The van der Waals surface area contributed by atoms with E-state index >= 15 is 0 Å². The number of ether oxygens (including phenoxy) is 2. The number of nitrogens with zero attached hydrogens (tertiary/aromatic N) is 3. The molecule has 4 rings (SSSR count). The first kappa shape index (κ1) is 21.4. The average Bonchev–Trinajstić information content (AvgIpc) is 3.49. The molecule has 1 atom stereocenters. The van der Waals surface area contributed by atoms with Crippen molar-refractivity contribution in [2.75, 3.05) is 19.8 Å². The van der Waals surface area contributed by atoms with Gasteiger partial charge in [-0.1, -0.05) is 6.92 Å². The molecule has 0 radical (unpaired) electrons. The fourth-order valence-electron chi connectivity index (χ4n) is 3.25. The van der Waals surface area contributed by atoms with Crippen LogP contribution in [-0.4, -0.2) is 40.7 Å². The average molecular weight is 439 g/mol. The number of rotatable bonds is 8. The van der Waals surface area contributed by atoms with Gasteiger partial charge in [-0.05, 0) is 38.0 Å². The largest absolute Gasteiger partial charge is 0.493 e. The lowest BCUT2D eigenvalue weighted by Gasteiger charge is -2.13. The van der Waals surface area contributed by atoms with Gasteiger partial charge in [0.25, 0.3) is 5.91 Å². The van der Waals surface area contributed by atoms with Crippen LogP contribution in [0.15, 0.2) is 36.8 Å². The van der Waals surface area contributed by atoms with Crippen molar-refractivity contribution in [2.45, 2.75) is 33.2 Å². The number of hydrogen-bond donors (Lipinski definition) is 1. The molecule has 3 heterocycles. The highest BCUT2D eigenvalue weighted by molar-refractivity contribution is 7.15. The highest BCUT2D eigenvalue weighted by atomic mass is 32.1. The van der Waals surface area contributed by atoms with Crippen LogP contribution in [0.1, 0.15) is 40.0 Å². The third-order valence-corrected chi connectivity index (χ3v) is 6.28. The Morgan fingerprint density at radius 3 is 2.84 bits per heavy atom. The maximum Gasteiger partial charge on any atom is 0.251 e. The standard InChI is InChI=1S/C23H26N4O3S/c1-3-21-12-27-23(31-21)18-6-17(7-20(8-18)30-14-16-4-5-29-13-16)22(28)26-11-19-10-24-15(2)9-25-19/h6-10,12,16H,3-5,11,13-14H2,1-2H3,(H,26,28)/t16-/m1/s1. The number of aromatic nitrogens is 3. The lowest BCUT2D eigenvalue weighted by molar-refractivity contribution is 0.0949. The molecule has 1 fully saturated rings. The molecule has 1 aliphatic rings. The Balaban J connectivity index is 1.53. The van der Waals surface area contributed by atoms with Crippen molar-refractivity contribution in [3.63, 3.8) is 0 Å². The molecule has 8 heteroatoms. The second kappa shape index (κ2) is 9.98. The minimum atomic E-state index is -0.189. The second-order valence-electron chi connectivity index (χ2n) is 7.60. The van der Waals surface area contributed by atoms with Crippen molar-refractivity contribution < 1.29 is 14.3 Å². The molecule has 0 saturated carbocycles. The zero-order valence-electron chi connectivity index (χ0n) is 17.8. The van der Waals surface area contributed by atoms with E-state index < -0.39 is 0 Å². The second-order valence-corrected chi connectivity index (χ2v) is 8.72. The summed E-state index contributed by atoms with van der Waals surface area (Å²) in [6, 6.07) is 5.60. The molecule has 162 valence electrons. The van der Waals surface area contributed by atoms with E-state index in [1.165, 1.54) is 4.88 Å². The molecule has 0 spiro atoms. The van der Waals surface area contributed by atoms with Gasteiger partial charge in [-0.2, -0.15) is 0 Å². The molecule has 3 aromatic rings. The summed E-state index contributed by atoms with van der Waals surface area (Å²) in [7, 11) is 0. The van der Waals surface area contributed by atoms with Crippen molar-refractivity contribution in [3.8, 4) is 16.3 Å². The number of nitrogens with one attached hydrogen (secondary N) is 1. The van der Waals surface area contributed by atoms with Gasteiger partial charge in [0, 0.05) is 40.9 Å². The minimum absolute atomic E-state index is 0.189. The third-order valence-electron chi connectivity index (χ3n) is 5.09. The molecule has 0 bridgehead atoms. The van der Waals surface area contributed by atoms with Gasteiger partial charge in [0.2, 0.25) is 0 Å². The summed E-state index contributed by atoms with van der Waals surface area (Å²) in [5.74, 6) is 0.857. The molecule has 7 nitrogen and oxygen atoms in total. The van der Waals surface area contributed by atoms with Gasteiger partial charge in [0.15, 0.2) is 0 Å². The summed E-state index contributed by atoms with van der Waals surface area (Å²) in [4.78, 5) is 27.1. The first-order chi connectivity index (χ1) is 15.1. The molecule has 1 amide bonds. The quantitative estimate of drug-likeness (QED) is 0.575. The highest BCUT2D eigenvalue weighted by Crippen LogP contribution is 2.30. The molecular weight excluding hydrogens is 412 g/mol. The van der Waals surface area contributed by atoms with Gasteiger partial charge >= 0.3 is 0 Å². The Morgan fingerprint density at radius 2 is 2.13 bits per heavy atom. The summed E-state index contributed by atoms with van der Waals surface area (Å²) in [5, 5.41) is 3.80. The van der Waals surface area contributed by atoms with Gasteiger partial charge in [0.1, 0.15) is 10.8 Å². The zero-order chi connectivity index (χ0) is 21.6. The van der Waals surface area contributed by atoms with E-state index in [-0.39, 0.29) is 5.91 Å². The van der Waals surface area contributed by atoms with Crippen molar-refractivity contribution in [3.05, 3.63) is 58.6 Å². The Kier molecular flexibility index (Phi) is 6.89. The van der Waals surface area contributed by atoms with Crippen LogP contribution in [0.25, 0.3) is 10.6 Å². The number of carbonyl (C=O) groups excluding carboxylic acids is 1. The number of carbonyl (C=O) groups is 1. The van der Waals surface area contributed by atoms with E-state index in [4.69, 9.17) is 9.47 Å². The lowest BCUT2D eigenvalue weighted by atomic mass is 10.1. The summed E-state index contributed by atoms with van der Waals surface area (Å²) < 4.78 is 11.5. The van der Waals surface area contributed by atoms with Crippen LogP contribution in [-0.2, 0) is 17.7 Å². The van der Waals surface area contributed by atoms with E-state index in [0.717, 1.165) is 42.3 Å². The van der Waals surface area contributed by atoms with E-state index in [1.807, 2.05) is 25.3 Å². The lowest BCUT2D eigenvalue weighted by Crippen LogP contribution is -2.23. The van der Waals surface area contributed by atoms with Crippen LogP contribution in [0.2, 0.25) is 0 Å². The van der Waals surface area contributed by atoms with E-state index in [9.17, 15) is 4.79 Å². The highest BCUT2D eigenvalue weighted by Gasteiger charge is 2.18. The molecule has 1 N–H and O–H groups in total. The van der Waals surface area contributed by atoms with Crippen LogP contribution in [0.3, 0.4) is 0 Å². The summed E-state index contributed by atoms with van der Waals surface area (Å²) in [6.45, 7) is 6.36.